The zero-order chi connectivity index (χ0) is 17.6. The second kappa shape index (κ2) is 8.06. The molecule has 0 aliphatic heterocycles. The fourth-order valence-corrected chi connectivity index (χ4v) is 2.54. The van der Waals surface area contributed by atoms with Crippen molar-refractivity contribution in [3.05, 3.63) is 71.5 Å². The molecule has 128 valence electrons. The van der Waals surface area contributed by atoms with Gasteiger partial charge in [-0.2, -0.15) is 0 Å². The van der Waals surface area contributed by atoms with Crippen LogP contribution < -0.4 is 5.32 Å². The molecule has 0 saturated carbocycles. The second-order valence-corrected chi connectivity index (χ2v) is 6.39. The lowest BCUT2D eigenvalue weighted by molar-refractivity contribution is -0.125. The van der Waals surface area contributed by atoms with Crippen LogP contribution in [0, 0.1) is 11.7 Å². The average molecular weight is 329 g/mol. The summed E-state index contributed by atoms with van der Waals surface area (Å²) in [6, 6.07) is 15.8. The van der Waals surface area contributed by atoms with Gasteiger partial charge >= 0.3 is 0 Å². The van der Waals surface area contributed by atoms with Crippen molar-refractivity contribution in [1.29, 1.82) is 0 Å². The molecule has 1 amide bonds. The molecule has 2 rings (SSSR count). The lowest BCUT2D eigenvalue weighted by Gasteiger charge is -2.25. The first-order chi connectivity index (χ1) is 11.4. The summed E-state index contributed by atoms with van der Waals surface area (Å²) in [6.07, 6.45) is 1.07. The van der Waals surface area contributed by atoms with E-state index in [1.165, 1.54) is 6.07 Å². The maximum atomic E-state index is 13.6. The largest absolute Gasteiger partial charge is 0.384 e. The smallest absolute Gasteiger partial charge is 0.222 e. The highest BCUT2D eigenvalue weighted by Gasteiger charge is 2.24. The van der Waals surface area contributed by atoms with E-state index in [4.69, 9.17) is 0 Å². The SMILES string of the molecule is CC(CCc1ccccc1F)C(=O)NCC(C)(O)c1ccccc1. The first kappa shape index (κ1) is 18.1. The van der Waals surface area contributed by atoms with Crippen LogP contribution in [-0.2, 0) is 16.8 Å². The minimum Gasteiger partial charge on any atom is -0.384 e. The van der Waals surface area contributed by atoms with E-state index in [0.717, 1.165) is 5.56 Å². The van der Waals surface area contributed by atoms with Gasteiger partial charge in [-0.05, 0) is 37.0 Å². The number of amides is 1. The Balaban J connectivity index is 1.84. The maximum Gasteiger partial charge on any atom is 0.222 e. The molecule has 3 nitrogen and oxygen atoms in total. The molecule has 2 aromatic carbocycles. The molecule has 0 heterocycles. The summed E-state index contributed by atoms with van der Waals surface area (Å²) in [5.74, 6) is -0.629. The number of hydrogen-bond acceptors (Lipinski definition) is 2. The number of rotatable bonds is 7. The quantitative estimate of drug-likeness (QED) is 0.818. The van der Waals surface area contributed by atoms with E-state index < -0.39 is 5.60 Å². The van der Waals surface area contributed by atoms with Crippen molar-refractivity contribution in [3.8, 4) is 0 Å². The summed E-state index contributed by atoms with van der Waals surface area (Å²) in [5, 5.41) is 13.3. The Labute approximate surface area is 142 Å². The highest BCUT2D eigenvalue weighted by atomic mass is 19.1. The number of aliphatic hydroxyl groups is 1. The van der Waals surface area contributed by atoms with E-state index in [9.17, 15) is 14.3 Å². The monoisotopic (exact) mass is 329 g/mol. The minimum absolute atomic E-state index is 0.137. The van der Waals surface area contributed by atoms with Crippen molar-refractivity contribution in [2.24, 2.45) is 5.92 Å². The van der Waals surface area contributed by atoms with Gasteiger partial charge in [0.2, 0.25) is 5.91 Å². The fourth-order valence-electron chi connectivity index (χ4n) is 2.54. The van der Waals surface area contributed by atoms with Crippen LogP contribution in [0.15, 0.2) is 54.6 Å². The molecule has 0 radical (unpaired) electrons. The van der Waals surface area contributed by atoms with Crippen LogP contribution in [0.2, 0.25) is 0 Å². The second-order valence-electron chi connectivity index (χ2n) is 6.39. The summed E-state index contributed by atoms with van der Waals surface area (Å²) in [5.41, 5.74) is 0.250. The Bertz CT molecular complexity index is 670. The van der Waals surface area contributed by atoms with Crippen molar-refractivity contribution in [2.75, 3.05) is 6.54 Å². The van der Waals surface area contributed by atoms with E-state index in [2.05, 4.69) is 5.32 Å². The number of aryl methyl sites for hydroxylation is 1. The van der Waals surface area contributed by atoms with Gasteiger partial charge in [-0.25, -0.2) is 4.39 Å². The lowest BCUT2D eigenvalue weighted by Crippen LogP contribution is -2.40. The van der Waals surface area contributed by atoms with Gasteiger partial charge in [0.1, 0.15) is 11.4 Å². The highest BCUT2D eigenvalue weighted by Crippen LogP contribution is 2.19. The molecule has 0 aliphatic rings. The Hall–Kier alpha value is -2.20. The van der Waals surface area contributed by atoms with Crippen LogP contribution in [0.4, 0.5) is 4.39 Å². The Kier molecular flexibility index (Phi) is 6.10. The van der Waals surface area contributed by atoms with E-state index in [1.54, 1.807) is 25.1 Å². The summed E-state index contributed by atoms with van der Waals surface area (Å²) < 4.78 is 13.6. The predicted molar refractivity (Wildman–Crippen MR) is 92.9 cm³/mol. The summed E-state index contributed by atoms with van der Waals surface area (Å²) in [6.45, 7) is 3.62. The van der Waals surface area contributed by atoms with Gasteiger partial charge in [0.25, 0.3) is 0 Å². The molecule has 2 N–H and O–H groups in total. The fraction of sp³-hybridized carbons (Fsp3) is 0.350. The molecule has 0 aromatic heterocycles. The van der Waals surface area contributed by atoms with E-state index in [-0.39, 0.29) is 24.2 Å². The molecule has 0 spiro atoms. The van der Waals surface area contributed by atoms with Gasteiger partial charge in [-0.15, -0.1) is 0 Å². The van der Waals surface area contributed by atoms with Crippen LogP contribution in [0.25, 0.3) is 0 Å². The molecule has 0 aliphatic carbocycles. The molecule has 0 bridgehead atoms. The number of carbonyl (C=O) groups excluding carboxylic acids is 1. The topological polar surface area (TPSA) is 49.3 Å². The first-order valence-corrected chi connectivity index (χ1v) is 8.19. The van der Waals surface area contributed by atoms with Gasteiger partial charge in [0.15, 0.2) is 0 Å². The molecule has 0 saturated heterocycles. The minimum atomic E-state index is -1.12. The molecular formula is C20H24FNO2. The summed E-state index contributed by atoms with van der Waals surface area (Å²) >= 11 is 0. The Morgan fingerprint density at radius 2 is 1.79 bits per heavy atom. The molecule has 2 atom stereocenters. The van der Waals surface area contributed by atoms with Gasteiger partial charge in [0.05, 0.1) is 6.54 Å². The number of hydrogen-bond donors (Lipinski definition) is 2. The van der Waals surface area contributed by atoms with Gasteiger partial charge < -0.3 is 10.4 Å². The third-order valence-corrected chi connectivity index (χ3v) is 4.25. The molecule has 0 fully saturated rings. The summed E-state index contributed by atoms with van der Waals surface area (Å²) in [4.78, 5) is 12.2. The Morgan fingerprint density at radius 3 is 2.46 bits per heavy atom. The first-order valence-electron chi connectivity index (χ1n) is 8.19. The van der Waals surface area contributed by atoms with Gasteiger partial charge in [0, 0.05) is 5.92 Å². The van der Waals surface area contributed by atoms with E-state index in [0.29, 0.717) is 18.4 Å². The van der Waals surface area contributed by atoms with Crippen LogP contribution in [0.1, 0.15) is 31.4 Å². The zero-order valence-electron chi connectivity index (χ0n) is 14.1. The van der Waals surface area contributed by atoms with Crippen molar-refractivity contribution >= 4 is 5.91 Å². The van der Waals surface area contributed by atoms with Crippen LogP contribution >= 0.6 is 0 Å². The number of carbonyl (C=O) groups is 1. The maximum absolute atomic E-state index is 13.6. The third-order valence-electron chi connectivity index (χ3n) is 4.25. The van der Waals surface area contributed by atoms with Crippen LogP contribution in [0.3, 0.4) is 0 Å². The summed E-state index contributed by atoms with van der Waals surface area (Å²) in [7, 11) is 0. The molecule has 24 heavy (non-hydrogen) atoms. The molecule has 4 heteroatoms. The van der Waals surface area contributed by atoms with E-state index in [1.807, 2.05) is 37.3 Å². The van der Waals surface area contributed by atoms with Crippen LogP contribution in [0.5, 0.6) is 0 Å². The van der Waals surface area contributed by atoms with Crippen LogP contribution in [-0.4, -0.2) is 17.6 Å². The number of nitrogens with one attached hydrogen (secondary N) is 1. The lowest BCUT2D eigenvalue weighted by atomic mass is 9.95. The Morgan fingerprint density at radius 1 is 1.17 bits per heavy atom. The van der Waals surface area contributed by atoms with Gasteiger partial charge in [-0.3, -0.25) is 4.79 Å². The molecular weight excluding hydrogens is 305 g/mol. The number of benzene rings is 2. The van der Waals surface area contributed by atoms with Crippen molar-refractivity contribution in [1.82, 2.24) is 5.32 Å². The van der Waals surface area contributed by atoms with Crippen molar-refractivity contribution < 1.29 is 14.3 Å². The molecule has 2 aromatic rings. The predicted octanol–water partition coefficient (Wildman–Crippen LogP) is 3.42. The van der Waals surface area contributed by atoms with Crippen molar-refractivity contribution in [2.45, 2.75) is 32.3 Å². The molecule has 2 unspecified atom stereocenters. The van der Waals surface area contributed by atoms with Crippen molar-refractivity contribution in [3.63, 3.8) is 0 Å². The number of halogens is 1. The highest BCUT2D eigenvalue weighted by molar-refractivity contribution is 5.78. The zero-order valence-corrected chi connectivity index (χ0v) is 14.1. The third kappa shape index (κ3) is 4.90. The standard InChI is InChI=1S/C20H24FNO2/c1-15(12-13-16-8-6-7-11-18(16)21)19(23)22-14-20(2,24)17-9-4-3-5-10-17/h3-11,15,24H,12-14H2,1-2H3,(H,22,23). The average Bonchev–Trinajstić information content (AvgIpc) is 2.59. The normalized spacial score (nSPS) is 14.7. The van der Waals surface area contributed by atoms with E-state index >= 15 is 0 Å². The van der Waals surface area contributed by atoms with Gasteiger partial charge in [-0.1, -0.05) is 55.5 Å².